The van der Waals surface area contributed by atoms with Crippen LogP contribution in [0.1, 0.15) is 56.5 Å². The number of hydrogen-bond acceptors (Lipinski definition) is 9. The molecule has 0 bridgehead atoms. The van der Waals surface area contributed by atoms with Crippen molar-refractivity contribution in [1.82, 2.24) is 0 Å². The van der Waals surface area contributed by atoms with Crippen molar-refractivity contribution in [1.29, 1.82) is 0 Å². The van der Waals surface area contributed by atoms with Crippen molar-refractivity contribution in [2.24, 2.45) is 0 Å². The fraction of sp³-hybridized carbons (Fsp3) is 0.375. The van der Waals surface area contributed by atoms with Gasteiger partial charge in [0.05, 0.1) is 91.1 Å². The molecule has 0 radical (unpaired) electrons. The second kappa shape index (κ2) is 14.2. The van der Waals surface area contributed by atoms with Crippen LogP contribution in [0.15, 0.2) is 42.5 Å². The van der Waals surface area contributed by atoms with Gasteiger partial charge in [-0.1, -0.05) is 30.3 Å². The topological polar surface area (TPSA) is 83.1 Å². The van der Waals surface area contributed by atoms with Gasteiger partial charge < -0.3 is 47.1 Å². The summed E-state index contributed by atoms with van der Waals surface area (Å²) in [4.78, 5) is 0. The van der Waals surface area contributed by atoms with E-state index in [1.165, 1.54) is 60.1 Å². The van der Waals surface area contributed by atoms with Crippen molar-refractivity contribution in [2.45, 2.75) is 36.6 Å². The molecular weight excluding hydrogens is 927 g/mol. The summed E-state index contributed by atoms with van der Waals surface area (Å²) in [5.41, 5.74) is 11.6. The minimum absolute atomic E-state index is 0.0151. The Kier molecular flexibility index (Phi) is 8.11. The number of rotatable bonds is 22. The summed E-state index contributed by atoms with van der Waals surface area (Å²) in [6, 6.07) is 17.7. The molecule has 0 amide bonds. The van der Waals surface area contributed by atoms with Crippen LogP contribution in [-0.2, 0) is 53.1 Å². The van der Waals surface area contributed by atoms with Crippen LogP contribution in [0.25, 0.3) is 118 Å². The van der Waals surface area contributed by atoms with Crippen molar-refractivity contribution < 1.29 is 47.1 Å². The van der Waals surface area contributed by atoms with Gasteiger partial charge in [0.15, 0.2) is 11.5 Å². The molecule has 13 aromatic carbocycles. The van der Waals surface area contributed by atoms with Gasteiger partial charge in [0.1, 0.15) is 25.9 Å². The van der Waals surface area contributed by atoms with Crippen molar-refractivity contribution in [3.8, 4) is 17.2 Å². The summed E-state index contributed by atoms with van der Waals surface area (Å²) in [5.74, 6) is 2.18. The Morgan fingerprint density at radius 3 is 1.42 bits per heavy atom. The van der Waals surface area contributed by atoms with Crippen LogP contribution in [0.5, 0.6) is 17.2 Å². The van der Waals surface area contributed by atoms with Crippen molar-refractivity contribution in [2.75, 3.05) is 121 Å². The standard InChI is InChI=1S/C64H56NO9/c1-65(2)28-38-37-26-34-24-31-22-32-21-29-20-30-23-33-25-35-27-64(38,63(65)36-6-7-39(72-17-14-69-11-8-66-3)62(74-19-16-71-13-10-68-5)61(36)73-18-15-70-12-9-67-4)60-46(35)51-45(33)50-41(30)40(29)48-44(32)49-42(31)43(34)52-47(37)59(60)58-56(51)54(50)53(48)55(49)57(52)58/h6-7,21-23,25-26,38,63H,8-20,24,27-28H2,1-5H3/q+1. The fourth-order valence-corrected chi connectivity index (χ4v) is 17.7. The summed E-state index contributed by atoms with van der Waals surface area (Å²) in [7, 11) is 10.1. The third-order valence-corrected chi connectivity index (χ3v) is 19.5. The predicted molar refractivity (Wildman–Crippen MR) is 293 cm³/mol. The Bertz CT molecular complexity index is 4460. The van der Waals surface area contributed by atoms with Gasteiger partial charge in [-0.2, -0.15) is 0 Å². The largest absolute Gasteiger partial charge is 0.487 e. The predicted octanol–water partition coefficient (Wildman–Crippen LogP) is 11.5. The van der Waals surface area contributed by atoms with Gasteiger partial charge in [-0.25, -0.2) is 0 Å². The van der Waals surface area contributed by atoms with E-state index in [0.717, 1.165) is 41.6 Å². The van der Waals surface area contributed by atoms with E-state index in [0.29, 0.717) is 90.8 Å². The number of benzene rings is 10. The molecule has 3 atom stereocenters. The Morgan fingerprint density at radius 2 is 0.865 bits per heavy atom. The van der Waals surface area contributed by atoms with Crippen LogP contribution in [0.2, 0.25) is 0 Å². The van der Waals surface area contributed by atoms with Crippen molar-refractivity contribution >= 4 is 118 Å². The highest BCUT2D eigenvalue weighted by atomic mass is 16.6. The van der Waals surface area contributed by atoms with Gasteiger partial charge in [-0.15, -0.1) is 0 Å². The molecule has 1 fully saturated rings. The quantitative estimate of drug-likeness (QED) is 0.0374. The molecule has 1 saturated heterocycles. The van der Waals surface area contributed by atoms with E-state index in [-0.39, 0.29) is 17.4 Å². The van der Waals surface area contributed by atoms with Crippen LogP contribution < -0.4 is 14.2 Å². The summed E-state index contributed by atoms with van der Waals surface area (Å²) in [5, 5.41) is 33.9. The number of nitrogens with zero attached hydrogens (tertiary/aromatic N) is 1. The number of quaternary nitrogens is 1. The van der Waals surface area contributed by atoms with E-state index in [1.807, 2.05) is 0 Å². The van der Waals surface area contributed by atoms with E-state index < -0.39 is 0 Å². The lowest BCUT2D eigenvalue weighted by molar-refractivity contribution is -0.911. The normalized spacial score (nSPS) is 20.3. The molecule has 1 aliphatic heterocycles. The summed E-state index contributed by atoms with van der Waals surface area (Å²) in [6.45, 7) is 6.18. The SMILES string of the molecule is COCCOCCOc1ccc(C2C34Cc5cc6cc7c8c9c(cc%10cc%11c%12c%13c(cc(c%14c%15c3c5c3c6c8c5c3c%15c(c%14%13)c3c%12c%10c9c35)C4C[N+]2(C)C)C%11)C7)c(OCCOCCOC)c1OCCOCCOC. The molecule has 5 aliphatic rings. The molecule has 13 aromatic rings. The average Bonchev–Trinajstić information content (AvgIpc) is 3.96. The number of hydrogen-bond donors (Lipinski definition) is 0. The van der Waals surface area contributed by atoms with Crippen LogP contribution in [0, 0.1) is 0 Å². The fourth-order valence-electron chi connectivity index (χ4n) is 17.7. The average molecular weight is 983 g/mol. The first-order chi connectivity index (χ1) is 36.4. The second-order valence-electron chi connectivity index (χ2n) is 23.2. The first kappa shape index (κ1) is 42.2. The molecule has 4 aliphatic carbocycles. The van der Waals surface area contributed by atoms with Gasteiger partial charge in [0, 0.05) is 27.2 Å². The Labute approximate surface area is 426 Å². The number of ether oxygens (including phenoxy) is 9. The number of methoxy groups -OCH3 is 3. The lowest BCUT2D eigenvalue weighted by Crippen LogP contribution is -2.45. The summed E-state index contributed by atoms with van der Waals surface area (Å²) in [6.07, 6.45) is 2.94. The third-order valence-electron chi connectivity index (χ3n) is 19.5. The van der Waals surface area contributed by atoms with Crippen LogP contribution >= 0.6 is 0 Å². The third kappa shape index (κ3) is 4.63. The molecule has 10 nitrogen and oxygen atoms in total. The van der Waals surface area contributed by atoms with E-state index >= 15 is 0 Å². The highest BCUT2D eigenvalue weighted by molar-refractivity contribution is 6.65. The first-order valence-corrected chi connectivity index (χ1v) is 27.0. The zero-order valence-electron chi connectivity index (χ0n) is 42.6. The molecule has 3 unspecified atom stereocenters. The van der Waals surface area contributed by atoms with E-state index in [1.54, 1.807) is 119 Å². The highest BCUT2D eigenvalue weighted by Gasteiger charge is 2.68. The molecule has 0 N–H and O–H groups in total. The summed E-state index contributed by atoms with van der Waals surface area (Å²) < 4.78 is 55.4. The minimum atomic E-state index is -0.307. The Balaban J connectivity index is 0.921. The molecule has 0 aromatic heterocycles. The Hall–Kier alpha value is -6.08. The summed E-state index contributed by atoms with van der Waals surface area (Å²) >= 11 is 0. The van der Waals surface area contributed by atoms with Gasteiger partial charge in [-0.3, -0.25) is 0 Å². The zero-order valence-corrected chi connectivity index (χ0v) is 42.6. The monoisotopic (exact) mass is 982 g/mol. The number of likely N-dealkylation sites (N-methyl/N-ethyl adjacent to an activating group) is 1. The van der Waals surface area contributed by atoms with E-state index in [2.05, 4.69) is 56.6 Å². The van der Waals surface area contributed by atoms with Gasteiger partial charge in [0.2, 0.25) is 5.75 Å². The second-order valence-corrected chi connectivity index (χ2v) is 23.2. The Morgan fingerprint density at radius 1 is 0.419 bits per heavy atom. The molecule has 18 rings (SSSR count). The number of likely N-dealkylation sites (tertiary alicyclic amines) is 1. The van der Waals surface area contributed by atoms with Crippen molar-refractivity contribution in [3.63, 3.8) is 0 Å². The van der Waals surface area contributed by atoms with Crippen molar-refractivity contribution in [3.05, 3.63) is 87.0 Å². The van der Waals surface area contributed by atoms with Crippen LogP contribution in [0.4, 0.5) is 0 Å². The molecule has 10 heteroatoms. The molecule has 0 saturated carbocycles. The maximum absolute atomic E-state index is 7.19. The molecule has 1 spiro atoms. The lowest BCUT2D eigenvalue weighted by atomic mass is 9.60. The highest BCUT2D eigenvalue weighted by Crippen LogP contribution is 2.75. The van der Waals surface area contributed by atoms with Gasteiger partial charge >= 0.3 is 0 Å². The molecule has 74 heavy (non-hydrogen) atoms. The zero-order chi connectivity index (χ0) is 48.8. The molecular formula is C64H56NO9+. The molecule has 1 heterocycles. The van der Waals surface area contributed by atoms with Gasteiger partial charge in [-0.05, 0) is 189 Å². The van der Waals surface area contributed by atoms with Crippen LogP contribution in [-0.4, -0.2) is 126 Å². The first-order valence-electron chi connectivity index (χ1n) is 27.0. The maximum Gasteiger partial charge on any atom is 0.204 e. The van der Waals surface area contributed by atoms with Gasteiger partial charge in [0.25, 0.3) is 0 Å². The van der Waals surface area contributed by atoms with E-state index in [9.17, 15) is 0 Å². The maximum atomic E-state index is 7.19. The van der Waals surface area contributed by atoms with E-state index in [4.69, 9.17) is 42.6 Å². The number of fused-ring (bicyclic) bond motifs is 1. The smallest absolute Gasteiger partial charge is 0.204 e. The molecule has 370 valence electrons. The van der Waals surface area contributed by atoms with Crippen LogP contribution in [0.3, 0.4) is 0 Å². The lowest BCUT2D eigenvalue weighted by Gasteiger charge is -2.42. The minimum Gasteiger partial charge on any atom is -0.487 e.